The maximum atomic E-state index is 13.7. The Morgan fingerprint density at radius 1 is 1.41 bits per heavy atom. The Hall–Kier alpha value is -1.60. The molecular formula is C13H13FN2O. The van der Waals surface area contributed by atoms with Crippen LogP contribution in [0.1, 0.15) is 18.4 Å². The smallest absolute Gasteiger partial charge is 0.147 e. The first-order valence-electron chi connectivity index (χ1n) is 5.79. The SMILES string of the molecule is N#Cc1ccc(N2CC(O)(C3CC3)C2)c(F)c1. The van der Waals surface area contributed by atoms with Gasteiger partial charge in [0.1, 0.15) is 11.4 Å². The van der Waals surface area contributed by atoms with Crippen molar-refractivity contribution < 1.29 is 9.50 Å². The molecule has 0 spiro atoms. The lowest BCUT2D eigenvalue weighted by Gasteiger charge is -2.48. The average molecular weight is 232 g/mol. The van der Waals surface area contributed by atoms with Crippen molar-refractivity contribution in [3.05, 3.63) is 29.6 Å². The molecule has 3 nitrogen and oxygen atoms in total. The van der Waals surface area contributed by atoms with Gasteiger partial charge in [-0.2, -0.15) is 5.26 Å². The topological polar surface area (TPSA) is 47.3 Å². The van der Waals surface area contributed by atoms with Crippen molar-refractivity contribution in [3.63, 3.8) is 0 Å². The number of nitriles is 1. The predicted octanol–water partition coefficient (Wildman–Crippen LogP) is 1.66. The zero-order valence-corrected chi connectivity index (χ0v) is 9.36. The summed E-state index contributed by atoms with van der Waals surface area (Å²) in [5.74, 6) is 0.0158. The van der Waals surface area contributed by atoms with E-state index in [1.54, 1.807) is 12.1 Å². The van der Waals surface area contributed by atoms with E-state index in [0.29, 0.717) is 30.3 Å². The van der Waals surface area contributed by atoms with Gasteiger partial charge in [-0.3, -0.25) is 0 Å². The van der Waals surface area contributed by atoms with E-state index in [4.69, 9.17) is 5.26 Å². The Balaban J connectivity index is 1.76. The number of β-amino-alcohol motifs (C(OH)–C–C–N with tert-alkyl or cyclic N) is 1. The Kier molecular flexibility index (Phi) is 2.14. The lowest BCUT2D eigenvalue weighted by molar-refractivity contribution is -0.00962. The van der Waals surface area contributed by atoms with Gasteiger partial charge in [-0.15, -0.1) is 0 Å². The van der Waals surface area contributed by atoms with Crippen LogP contribution in [0.15, 0.2) is 18.2 Å². The summed E-state index contributed by atoms with van der Waals surface area (Å²) < 4.78 is 13.7. The van der Waals surface area contributed by atoms with Gasteiger partial charge in [0, 0.05) is 13.1 Å². The molecule has 2 aliphatic rings. The molecule has 1 saturated heterocycles. The maximum absolute atomic E-state index is 13.7. The third kappa shape index (κ3) is 1.67. The fourth-order valence-corrected chi connectivity index (χ4v) is 2.50. The van der Waals surface area contributed by atoms with Gasteiger partial charge >= 0.3 is 0 Å². The number of rotatable bonds is 2. The zero-order valence-electron chi connectivity index (χ0n) is 9.36. The van der Waals surface area contributed by atoms with E-state index < -0.39 is 5.60 Å². The first-order valence-corrected chi connectivity index (χ1v) is 5.79. The van der Waals surface area contributed by atoms with Crippen LogP contribution in [0.25, 0.3) is 0 Å². The molecule has 0 aromatic heterocycles. The second kappa shape index (κ2) is 3.44. The summed E-state index contributed by atoms with van der Waals surface area (Å²) in [5, 5.41) is 18.8. The summed E-state index contributed by atoms with van der Waals surface area (Å²) in [6, 6.07) is 6.36. The Morgan fingerprint density at radius 3 is 2.65 bits per heavy atom. The van der Waals surface area contributed by atoms with Gasteiger partial charge in [0.05, 0.1) is 17.3 Å². The first kappa shape index (κ1) is 10.5. The number of nitrogens with zero attached hydrogens (tertiary/aromatic N) is 2. The van der Waals surface area contributed by atoms with Gasteiger partial charge in [-0.05, 0) is 37.0 Å². The van der Waals surface area contributed by atoms with Crippen LogP contribution in [0, 0.1) is 23.1 Å². The van der Waals surface area contributed by atoms with E-state index in [2.05, 4.69) is 0 Å². The number of halogens is 1. The zero-order chi connectivity index (χ0) is 12.0. The van der Waals surface area contributed by atoms with Gasteiger partial charge in [-0.25, -0.2) is 4.39 Å². The van der Waals surface area contributed by atoms with Crippen LogP contribution < -0.4 is 4.90 Å². The molecule has 17 heavy (non-hydrogen) atoms. The molecule has 1 saturated carbocycles. The highest BCUT2D eigenvalue weighted by Gasteiger charge is 2.52. The second-order valence-corrected chi connectivity index (χ2v) is 5.01. The summed E-state index contributed by atoms with van der Waals surface area (Å²) in [6.07, 6.45) is 2.17. The van der Waals surface area contributed by atoms with Crippen molar-refractivity contribution >= 4 is 5.69 Å². The third-order valence-electron chi connectivity index (χ3n) is 3.68. The summed E-state index contributed by atoms with van der Waals surface area (Å²) in [4.78, 5) is 1.83. The van der Waals surface area contributed by atoms with Crippen molar-refractivity contribution in [2.45, 2.75) is 18.4 Å². The molecule has 0 amide bonds. The number of aliphatic hydroxyl groups is 1. The fourth-order valence-electron chi connectivity index (χ4n) is 2.50. The van der Waals surface area contributed by atoms with E-state index in [9.17, 15) is 9.50 Å². The Labute approximate surface area is 99.1 Å². The van der Waals surface area contributed by atoms with E-state index in [1.165, 1.54) is 6.07 Å². The normalized spacial score (nSPS) is 21.8. The molecule has 0 radical (unpaired) electrons. The molecule has 1 heterocycles. The van der Waals surface area contributed by atoms with Crippen LogP contribution in [0.3, 0.4) is 0 Å². The van der Waals surface area contributed by atoms with Gasteiger partial charge in [0.25, 0.3) is 0 Å². The van der Waals surface area contributed by atoms with Crippen molar-refractivity contribution in [3.8, 4) is 6.07 Å². The second-order valence-electron chi connectivity index (χ2n) is 5.01. The van der Waals surface area contributed by atoms with Crippen LogP contribution in [-0.4, -0.2) is 23.8 Å². The van der Waals surface area contributed by atoms with E-state index >= 15 is 0 Å². The van der Waals surface area contributed by atoms with Crippen molar-refractivity contribution in [1.29, 1.82) is 5.26 Å². The number of hydrogen-bond donors (Lipinski definition) is 1. The van der Waals surface area contributed by atoms with Gasteiger partial charge in [0.2, 0.25) is 0 Å². The van der Waals surface area contributed by atoms with Crippen molar-refractivity contribution in [2.75, 3.05) is 18.0 Å². The summed E-state index contributed by atoms with van der Waals surface area (Å²) >= 11 is 0. The largest absolute Gasteiger partial charge is 0.386 e. The van der Waals surface area contributed by atoms with Crippen LogP contribution in [0.5, 0.6) is 0 Å². The molecule has 88 valence electrons. The molecule has 4 heteroatoms. The summed E-state index contributed by atoms with van der Waals surface area (Å²) in [5.41, 5.74) is 0.193. The lowest BCUT2D eigenvalue weighted by Crippen LogP contribution is -2.63. The standard InChI is InChI=1S/C13H13FN2O/c14-11-5-9(6-15)1-4-12(11)16-7-13(17,8-16)10-2-3-10/h1,4-5,10,17H,2-3,7-8H2. The molecule has 1 aromatic carbocycles. The Bertz CT molecular complexity index is 499. The van der Waals surface area contributed by atoms with Crippen LogP contribution >= 0.6 is 0 Å². The molecule has 0 bridgehead atoms. The molecule has 1 N–H and O–H groups in total. The number of hydrogen-bond acceptors (Lipinski definition) is 3. The van der Waals surface area contributed by atoms with E-state index in [-0.39, 0.29) is 5.82 Å². The van der Waals surface area contributed by atoms with E-state index in [1.807, 2.05) is 11.0 Å². The predicted molar refractivity (Wildman–Crippen MR) is 61.0 cm³/mol. The van der Waals surface area contributed by atoms with E-state index in [0.717, 1.165) is 12.8 Å². The minimum atomic E-state index is -0.611. The van der Waals surface area contributed by atoms with Crippen LogP contribution in [-0.2, 0) is 0 Å². The van der Waals surface area contributed by atoms with Gasteiger partial charge < -0.3 is 10.0 Å². The van der Waals surface area contributed by atoms with Crippen molar-refractivity contribution in [2.24, 2.45) is 5.92 Å². The van der Waals surface area contributed by atoms with Crippen molar-refractivity contribution in [1.82, 2.24) is 0 Å². The quantitative estimate of drug-likeness (QED) is 0.843. The average Bonchev–Trinajstić information content (AvgIpc) is 3.09. The molecule has 1 aliphatic heterocycles. The molecular weight excluding hydrogens is 219 g/mol. The summed E-state index contributed by atoms with van der Waals surface area (Å²) in [6.45, 7) is 1.00. The minimum absolute atomic E-state index is 0.323. The molecule has 3 rings (SSSR count). The highest BCUT2D eigenvalue weighted by Crippen LogP contribution is 2.45. The van der Waals surface area contributed by atoms with Crippen LogP contribution in [0.2, 0.25) is 0 Å². The maximum Gasteiger partial charge on any atom is 0.147 e. The molecule has 1 aliphatic carbocycles. The van der Waals surface area contributed by atoms with Gasteiger partial charge in [0.15, 0.2) is 0 Å². The molecule has 2 fully saturated rings. The Morgan fingerprint density at radius 2 is 2.12 bits per heavy atom. The fraction of sp³-hybridized carbons (Fsp3) is 0.462. The number of benzene rings is 1. The molecule has 0 atom stereocenters. The van der Waals surface area contributed by atoms with Crippen LogP contribution in [0.4, 0.5) is 10.1 Å². The number of anilines is 1. The monoisotopic (exact) mass is 232 g/mol. The minimum Gasteiger partial charge on any atom is -0.386 e. The highest BCUT2D eigenvalue weighted by molar-refractivity contribution is 5.54. The lowest BCUT2D eigenvalue weighted by atomic mass is 9.88. The first-order chi connectivity index (χ1) is 8.12. The van der Waals surface area contributed by atoms with Gasteiger partial charge in [-0.1, -0.05) is 0 Å². The summed E-state index contributed by atoms with van der Waals surface area (Å²) in [7, 11) is 0. The molecule has 0 unspecified atom stereocenters. The molecule has 1 aromatic rings. The third-order valence-corrected chi connectivity index (χ3v) is 3.68. The highest BCUT2D eigenvalue weighted by atomic mass is 19.1.